The van der Waals surface area contributed by atoms with Crippen LogP contribution >= 0.6 is 0 Å². The van der Waals surface area contributed by atoms with Gasteiger partial charge in [-0.1, -0.05) is 140 Å². The van der Waals surface area contributed by atoms with Crippen molar-refractivity contribution in [2.75, 3.05) is 12.4 Å². The first kappa shape index (κ1) is 33.1. The van der Waals surface area contributed by atoms with Crippen LogP contribution in [0.4, 0.5) is 5.82 Å². The number of aromatic nitrogens is 4. The summed E-state index contributed by atoms with van der Waals surface area (Å²) in [7, 11) is 1.91. The highest BCUT2D eigenvalue weighted by atomic mass is 15.0. The van der Waals surface area contributed by atoms with Crippen LogP contribution in [0.25, 0.3) is 73.2 Å². The van der Waals surface area contributed by atoms with Gasteiger partial charge in [0.15, 0.2) is 17.5 Å². The molecule has 0 fully saturated rings. The molecular weight excluding hydrogens is 623 g/mol. The van der Waals surface area contributed by atoms with Crippen molar-refractivity contribution in [1.82, 2.24) is 19.9 Å². The Balaban J connectivity index is 1.44. The van der Waals surface area contributed by atoms with E-state index in [1.54, 1.807) is 0 Å². The Morgan fingerprint density at radius 1 is 0.510 bits per heavy atom. The average Bonchev–Trinajstić information content (AvgIpc) is 3.21. The van der Waals surface area contributed by atoms with Crippen molar-refractivity contribution in [2.45, 2.75) is 20.3 Å². The molecule has 0 aliphatic rings. The van der Waals surface area contributed by atoms with Gasteiger partial charge in [-0.25, -0.2) is 19.9 Å². The average molecular weight is 662 g/mol. The molecule has 248 valence electrons. The number of nitrogens with one attached hydrogen (secondary N) is 1. The molecule has 0 unspecified atom stereocenters. The minimum Gasteiger partial charge on any atom is -0.373 e. The van der Waals surface area contributed by atoms with Crippen molar-refractivity contribution in [3.63, 3.8) is 0 Å². The van der Waals surface area contributed by atoms with Gasteiger partial charge in [0.05, 0.1) is 5.69 Å². The minimum atomic E-state index is 0.595. The van der Waals surface area contributed by atoms with Crippen molar-refractivity contribution in [2.24, 2.45) is 0 Å². The van der Waals surface area contributed by atoms with E-state index in [0.29, 0.717) is 17.5 Å². The lowest BCUT2D eigenvalue weighted by Crippen LogP contribution is -2.01. The summed E-state index contributed by atoms with van der Waals surface area (Å²) < 4.78 is 0. The summed E-state index contributed by atoms with van der Waals surface area (Å²) in [5.74, 6) is 2.64. The van der Waals surface area contributed by atoms with Gasteiger partial charge >= 0.3 is 0 Å². The second kappa shape index (κ2) is 15.4. The van der Waals surface area contributed by atoms with E-state index in [2.05, 4.69) is 109 Å². The maximum Gasteiger partial charge on any atom is 0.164 e. The molecule has 51 heavy (non-hydrogen) atoms. The Morgan fingerprint density at radius 2 is 0.980 bits per heavy atom. The first-order valence-corrected chi connectivity index (χ1v) is 17.3. The molecule has 5 nitrogen and oxygen atoms in total. The van der Waals surface area contributed by atoms with E-state index in [-0.39, 0.29) is 0 Å². The fraction of sp³-hybridized carbons (Fsp3) is 0.0870. The summed E-state index contributed by atoms with van der Waals surface area (Å²) in [6, 6.07) is 50.1. The summed E-state index contributed by atoms with van der Waals surface area (Å²) in [6.45, 7) is 4.21. The van der Waals surface area contributed by atoms with Crippen LogP contribution in [0.5, 0.6) is 0 Å². The van der Waals surface area contributed by atoms with Gasteiger partial charge in [-0.05, 0) is 77.1 Å². The van der Waals surface area contributed by atoms with Crippen LogP contribution in [0.2, 0.25) is 0 Å². The maximum absolute atomic E-state index is 5.08. The molecule has 5 heteroatoms. The van der Waals surface area contributed by atoms with Crippen molar-refractivity contribution in [3.8, 4) is 67.7 Å². The van der Waals surface area contributed by atoms with Gasteiger partial charge in [0.25, 0.3) is 0 Å². The van der Waals surface area contributed by atoms with E-state index in [9.17, 15) is 0 Å². The molecule has 7 rings (SSSR count). The third kappa shape index (κ3) is 7.58. The lowest BCUT2D eigenvalue weighted by molar-refractivity contribution is 1.07. The second-order valence-electron chi connectivity index (χ2n) is 12.2. The molecule has 0 amide bonds. The summed E-state index contributed by atoms with van der Waals surface area (Å²) in [5.41, 5.74) is 11.3. The number of nitrogens with zero attached hydrogens (tertiary/aromatic N) is 4. The lowest BCUT2D eigenvalue weighted by atomic mass is 9.95. The Morgan fingerprint density at radius 3 is 1.51 bits per heavy atom. The molecular formula is C46H39N5. The van der Waals surface area contributed by atoms with Gasteiger partial charge < -0.3 is 5.32 Å². The third-order valence-electron chi connectivity index (χ3n) is 8.70. The first-order chi connectivity index (χ1) is 25.1. The zero-order chi connectivity index (χ0) is 35.0. The SMILES string of the molecule is C/C=C\C(=C/CC)c1cc(NC)nc(-c2cc(-c3ccc(-c4ccccc4)cc3)cc(-c3nc(-c4ccccc4)nc(-c4ccccc4)n3)c2)c1. The van der Waals surface area contributed by atoms with Gasteiger partial charge in [0.1, 0.15) is 5.82 Å². The molecule has 1 N–H and O–H groups in total. The monoisotopic (exact) mass is 661 g/mol. The van der Waals surface area contributed by atoms with Crippen molar-refractivity contribution < 1.29 is 0 Å². The van der Waals surface area contributed by atoms with E-state index < -0.39 is 0 Å². The van der Waals surface area contributed by atoms with Crippen LogP contribution in [0.15, 0.2) is 164 Å². The molecule has 0 bridgehead atoms. The zero-order valence-corrected chi connectivity index (χ0v) is 29.1. The number of rotatable bonds is 10. The Bertz CT molecular complexity index is 2250. The number of benzene rings is 5. The summed E-state index contributed by atoms with van der Waals surface area (Å²) in [5, 5.41) is 3.29. The largest absolute Gasteiger partial charge is 0.373 e. The smallest absolute Gasteiger partial charge is 0.164 e. The summed E-state index contributed by atoms with van der Waals surface area (Å²) in [4.78, 5) is 20.2. The van der Waals surface area contributed by atoms with E-state index in [0.717, 1.165) is 62.4 Å². The number of hydrogen-bond donors (Lipinski definition) is 1. The molecule has 0 saturated heterocycles. The van der Waals surface area contributed by atoms with E-state index in [4.69, 9.17) is 19.9 Å². The highest BCUT2D eigenvalue weighted by molar-refractivity contribution is 5.83. The van der Waals surface area contributed by atoms with Crippen molar-refractivity contribution >= 4 is 11.4 Å². The quantitative estimate of drug-likeness (QED) is 0.148. The molecule has 0 radical (unpaired) electrons. The summed E-state index contributed by atoms with van der Waals surface area (Å²) >= 11 is 0. The number of anilines is 1. The van der Waals surface area contributed by atoms with Gasteiger partial charge in [0, 0.05) is 29.3 Å². The lowest BCUT2D eigenvalue weighted by Gasteiger charge is -2.14. The van der Waals surface area contributed by atoms with Crippen molar-refractivity contribution in [3.05, 3.63) is 169 Å². The molecule has 0 aliphatic heterocycles. The first-order valence-electron chi connectivity index (χ1n) is 17.3. The standard InChI is InChI=1S/C46H39N5/c1-4-15-32(16-5-2)39-30-42(48-43(31-39)47-3)40-27-38(35-25-23-34(24-26-35)33-17-9-6-10-18-33)28-41(29-40)46-50-44(36-19-11-7-12-20-36)49-45(51-46)37-21-13-8-14-22-37/h4,6-31H,5H2,1-3H3,(H,47,48)/b15-4-,32-16+. The molecule has 0 spiro atoms. The highest BCUT2D eigenvalue weighted by Crippen LogP contribution is 2.35. The van der Waals surface area contributed by atoms with Crippen LogP contribution in [-0.4, -0.2) is 27.0 Å². The fourth-order valence-corrected chi connectivity index (χ4v) is 6.15. The molecule has 0 aliphatic carbocycles. The van der Waals surface area contributed by atoms with Gasteiger partial charge in [-0.3, -0.25) is 0 Å². The highest BCUT2D eigenvalue weighted by Gasteiger charge is 2.16. The molecule has 5 aromatic carbocycles. The number of hydrogen-bond acceptors (Lipinski definition) is 5. The predicted molar refractivity (Wildman–Crippen MR) is 213 cm³/mol. The summed E-state index contributed by atoms with van der Waals surface area (Å²) in [6.07, 6.45) is 7.40. The van der Waals surface area contributed by atoms with Crippen LogP contribution in [0, 0.1) is 0 Å². The Hall–Kier alpha value is -6.46. The van der Waals surface area contributed by atoms with Crippen molar-refractivity contribution in [1.29, 1.82) is 0 Å². The molecule has 0 atom stereocenters. The van der Waals surface area contributed by atoms with E-state index >= 15 is 0 Å². The fourth-order valence-electron chi connectivity index (χ4n) is 6.15. The molecule has 2 aromatic heterocycles. The predicted octanol–water partition coefficient (Wildman–Crippen LogP) is 11.7. The maximum atomic E-state index is 5.08. The van der Waals surface area contributed by atoms with Crippen LogP contribution in [0.1, 0.15) is 25.8 Å². The normalized spacial score (nSPS) is 11.5. The topological polar surface area (TPSA) is 63.6 Å². The molecule has 0 saturated carbocycles. The van der Waals surface area contributed by atoms with E-state index in [1.807, 2.05) is 80.7 Å². The van der Waals surface area contributed by atoms with Crippen LogP contribution in [-0.2, 0) is 0 Å². The molecule has 2 heterocycles. The molecule has 7 aromatic rings. The zero-order valence-electron chi connectivity index (χ0n) is 29.1. The Labute approximate surface area is 300 Å². The van der Waals surface area contributed by atoms with Crippen LogP contribution in [0.3, 0.4) is 0 Å². The number of allylic oxidation sites excluding steroid dienone is 4. The van der Waals surface area contributed by atoms with Crippen LogP contribution < -0.4 is 5.32 Å². The second-order valence-corrected chi connectivity index (χ2v) is 12.2. The van der Waals surface area contributed by atoms with Gasteiger partial charge in [-0.15, -0.1) is 0 Å². The van der Waals surface area contributed by atoms with E-state index in [1.165, 1.54) is 11.1 Å². The van der Waals surface area contributed by atoms with Gasteiger partial charge in [-0.2, -0.15) is 0 Å². The minimum absolute atomic E-state index is 0.595. The number of pyridine rings is 1. The third-order valence-corrected chi connectivity index (χ3v) is 8.70. The van der Waals surface area contributed by atoms with Gasteiger partial charge in [0.2, 0.25) is 0 Å². The Kier molecular flexibility index (Phi) is 9.98.